The fourth-order valence-corrected chi connectivity index (χ4v) is 5.18. The van der Waals surface area contributed by atoms with Gasteiger partial charge in [0, 0.05) is 10.4 Å². The number of hydrogen-bond acceptors (Lipinski definition) is 6. The van der Waals surface area contributed by atoms with E-state index in [1.54, 1.807) is 24.3 Å². The number of amides is 2. The molecule has 9 heteroatoms. The molecule has 7 nitrogen and oxygen atoms in total. The predicted octanol–water partition coefficient (Wildman–Crippen LogP) is 3.91. The molecule has 0 radical (unpaired) electrons. The van der Waals surface area contributed by atoms with E-state index in [1.165, 1.54) is 29.5 Å². The Morgan fingerprint density at radius 2 is 1.66 bits per heavy atom. The molecule has 0 unspecified atom stereocenters. The largest absolute Gasteiger partial charge is 0.454 e. The minimum absolute atomic E-state index is 0.159. The number of ketones is 1. The van der Waals surface area contributed by atoms with E-state index in [-0.39, 0.29) is 11.3 Å². The summed E-state index contributed by atoms with van der Waals surface area (Å²) in [6, 6.07) is 14.2. The lowest BCUT2D eigenvalue weighted by Crippen LogP contribution is -2.32. The number of hydrogen-bond donors (Lipinski definition) is 2. The zero-order valence-electron chi connectivity index (χ0n) is 18.8. The van der Waals surface area contributed by atoms with Gasteiger partial charge in [-0.25, -0.2) is 4.39 Å². The number of ether oxygens (including phenoxy) is 1. The predicted molar refractivity (Wildman–Crippen MR) is 129 cm³/mol. The highest BCUT2D eigenvalue weighted by molar-refractivity contribution is 7.17. The molecular formula is C26H23FN2O5S. The number of nitrogens with one attached hydrogen (secondary N) is 2. The van der Waals surface area contributed by atoms with E-state index < -0.39 is 36.8 Å². The molecule has 3 aromatic rings. The number of carbonyl (C=O) groups excluding carboxylic acids is 4. The molecule has 0 atom stereocenters. The quantitative estimate of drug-likeness (QED) is 0.365. The van der Waals surface area contributed by atoms with Crippen LogP contribution in [0.3, 0.4) is 0 Å². The Morgan fingerprint density at radius 1 is 0.943 bits per heavy atom. The lowest BCUT2D eigenvalue weighted by Gasteiger charge is -2.12. The molecule has 0 saturated heterocycles. The first-order valence-corrected chi connectivity index (χ1v) is 12.0. The second kappa shape index (κ2) is 11.1. The standard InChI is InChI=1S/C26H23FN2O5S/c27-19-12-6-4-10-17(19)25(33)28-14-22(31)34-15-21(30)29-26-23(18-11-5-7-13-20(18)35-26)24(32)16-8-2-1-3-9-16/h1-4,6,8-10,12H,5,7,11,13-15H2,(H,28,33)(H,29,30). The average Bonchev–Trinajstić information content (AvgIpc) is 3.24. The number of fused-ring (bicyclic) bond motifs is 1. The summed E-state index contributed by atoms with van der Waals surface area (Å²) in [7, 11) is 0. The van der Waals surface area contributed by atoms with E-state index in [0.717, 1.165) is 42.2 Å². The topological polar surface area (TPSA) is 102 Å². The Bertz CT molecular complexity index is 1270. The van der Waals surface area contributed by atoms with Gasteiger partial charge in [0.15, 0.2) is 12.4 Å². The van der Waals surface area contributed by atoms with Crippen LogP contribution in [0.2, 0.25) is 0 Å². The van der Waals surface area contributed by atoms with Gasteiger partial charge < -0.3 is 15.4 Å². The minimum atomic E-state index is -0.851. The molecule has 0 saturated carbocycles. The summed E-state index contributed by atoms with van der Waals surface area (Å²) < 4.78 is 18.6. The smallest absolute Gasteiger partial charge is 0.325 e. The van der Waals surface area contributed by atoms with E-state index in [4.69, 9.17) is 4.74 Å². The van der Waals surface area contributed by atoms with Crippen LogP contribution in [0.4, 0.5) is 9.39 Å². The molecule has 1 heterocycles. The van der Waals surface area contributed by atoms with Gasteiger partial charge in [-0.3, -0.25) is 19.2 Å². The summed E-state index contributed by atoms with van der Waals surface area (Å²) >= 11 is 1.37. The molecule has 2 N–H and O–H groups in total. The SMILES string of the molecule is O=C(COC(=O)CNC(=O)c1ccccc1F)Nc1sc2c(c1C(=O)c1ccccc1)CCCC2. The molecule has 2 aromatic carbocycles. The number of halogens is 1. The summed E-state index contributed by atoms with van der Waals surface area (Å²) in [4.78, 5) is 50.8. The van der Waals surface area contributed by atoms with Crippen molar-refractivity contribution in [2.75, 3.05) is 18.5 Å². The third-order valence-corrected chi connectivity index (χ3v) is 6.77. The Morgan fingerprint density at radius 3 is 2.43 bits per heavy atom. The molecule has 2 amide bonds. The van der Waals surface area contributed by atoms with Crippen LogP contribution < -0.4 is 10.6 Å². The Kier molecular flexibility index (Phi) is 7.67. The second-order valence-corrected chi connectivity index (χ2v) is 9.09. The molecule has 0 aliphatic heterocycles. The van der Waals surface area contributed by atoms with Gasteiger partial charge in [-0.15, -0.1) is 11.3 Å². The van der Waals surface area contributed by atoms with Crippen molar-refractivity contribution in [1.82, 2.24) is 5.32 Å². The number of benzene rings is 2. The first-order chi connectivity index (χ1) is 16.9. The van der Waals surface area contributed by atoms with Gasteiger partial charge in [-0.2, -0.15) is 0 Å². The summed E-state index contributed by atoms with van der Waals surface area (Å²) in [6.07, 6.45) is 3.62. The normalized spacial score (nSPS) is 12.4. The van der Waals surface area contributed by atoms with Crippen LogP contribution in [0.25, 0.3) is 0 Å². The lowest BCUT2D eigenvalue weighted by molar-refractivity contribution is -0.146. The highest BCUT2D eigenvalue weighted by Crippen LogP contribution is 2.39. The van der Waals surface area contributed by atoms with Crippen LogP contribution in [0.15, 0.2) is 54.6 Å². The van der Waals surface area contributed by atoms with Crippen molar-refractivity contribution in [3.05, 3.63) is 87.5 Å². The maximum Gasteiger partial charge on any atom is 0.325 e. The van der Waals surface area contributed by atoms with Crippen LogP contribution >= 0.6 is 11.3 Å². The Hall–Kier alpha value is -3.85. The highest BCUT2D eigenvalue weighted by Gasteiger charge is 2.27. The van der Waals surface area contributed by atoms with Gasteiger partial charge in [-0.05, 0) is 43.4 Å². The Balaban J connectivity index is 1.37. The maximum atomic E-state index is 13.7. The van der Waals surface area contributed by atoms with E-state index in [1.807, 2.05) is 6.07 Å². The van der Waals surface area contributed by atoms with Gasteiger partial charge in [-0.1, -0.05) is 42.5 Å². The highest BCUT2D eigenvalue weighted by atomic mass is 32.1. The Labute approximate surface area is 205 Å². The van der Waals surface area contributed by atoms with Crippen molar-refractivity contribution < 1.29 is 28.3 Å². The van der Waals surface area contributed by atoms with Crippen molar-refractivity contribution in [3.8, 4) is 0 Å². The molecule has 1 aromatic heterocycles. The third kappa shape index (κ3) is 5.81. The molecule has 4 rings (SSSR count). The first-order valence-electron chi connectivity index (χ1n) is 11.2. The number of carbonyl (C=O) groups is 4. The van der Waals surface area contributed by atoms with Crippen LogP contribution in [0.1, 0.15) is 49.6 Å². The van der Waals surface area contributed by atoms with E-state index in [9.17, 15) is 23.6 Å². The molecule has 1 aliphatic carbocycles. The maximum absolute atomic E-state index is 13.7. The summed E-state index contributed by atoms with van der Waals surface area (Å²) in [6.45, 7) is -1.11. The number of anilines is 1. The lowest BCUT2D eigenvalue weighted by atomic mass is 9.92. The van der Waals surface area contributed by atoms with Gasteiger partial charge >= 0.3 is 5.97 Å². The van der Waals surface area contributed by atoms with Gasteiger partial charge in [0.1, 0.15) is 17.4 Å². The van der Waals surface area contributed by atoms with Crippen molar-refractivity contribution >= 4 is 39.9 Å². The van der Waals surface area contributed by atoms with Crippen LogP contribution in [0.5, 0.6) is 0 Å². The fraction of sp³-hybridized carbons (Fsp3) is 0.231. The number of rotatable bonds is 8. The molecule has 180 valence electrons. The molecule has 1 aliphatic rings. The average molecular weight is 495 g/mol. The third-order valence-electron chi connectivity index (χ3n) is 5.56. The summed E-state index contributed by atoms with van der Waals surface area (Å²) in [5.41, 5.74) is 1.80. The van der Waals surface area contributed by atoms with Crippen LogP contribution in [0, 0.1) is 5.82 Å². The molecule has 0 fully saturated rings. The molecule has 35 heavy (non-hydrogen) atoms. The molecule has 0 spiro atoms. The molecular weight excluding hydrogens is 471 g/mol. The van der Waals surface area contributed by atoms with Crippen molar-refractivity contribution in [2.24, 2.45) is 0 Å². The van der Waals surface area contributed by atoms with Crippen molar-refractivity contribution in [3.63, 3.8) is 0 Å². The van der Waals surface area contributed by atoms with Crippen LogP contribution in [-0.4, -0.2) is 36.7 Å². The van der Waals surface area contributed by atoms with Crippen molar-refractivity contribution in [2.45, 2.75) is 25.7 Å². The van der Waals surface area contributed by atoms with Gasteiger partial charge in [0.25, 0.3) is 11.8 Å². The monoisotopic (exact) mass is 494 g/mol. The first kappa shape index (κ1) is 24.3. The van der Waals surface area contributed by atoms with E-state index in [0.29, 0.717) is 16.1 Å². The van der Waals surface area contributed by atoms with Crippen LogP contribution in [-0.2, 0) is 27.2 Å². The van der Waals surface area contributed by atoms with E-state index in [2.05, 4.69) is 10.6 Å². The number of thiophene rings is 1. The number of aryl methyl sites for hydroxylation is 1. The zero-order chi connectivity index (χ0) is 24.8. The summed E-state index contributed by atoms with van der Waals surface area (Å²) in [5.74, 6) is -3.08. The van der Waals surface area contributed by atoms with Crippen molar-refractivity contribution in [1.29, 1.82) is 0 Å². The fourth-order valence-electron chi connectivity index (χ4n) is 3.88. The van der Waals surface area contributed by atoms with Gasteiger partial charge in [0.05, 0.1) is 11.1 Å². The second-order valence-electron chi connectivity index (χ2n) is 7.98. The zero-order valence-corrected chi connectivity index (χ0v) is 19.6. The minimum Gasteiger partial charge on any atom is -0.454 e. The summed E-state index contributed by atoms with van der Waals surface area (Å²) in [5, 5.41) is 5.42. The van der Waals surface area contributed by atoms with Gasteiger partial charge in [0.2, 0.25) is 0 Å². The number of esters is 1. The molecule has 0 bridgehead atoms. The van der Waals surface area contributed by atoms with E-state index >= 15 is 0 Å².